The Morgan fingerprint density at radius 3 is 2.90 bits per heavy atom. The van der Waals surface area contributed by atoms with Crippen molar-refractivity contribution in [2.75, 3.05) is 32.8 Å². The predicted octanol–water partition coefficient (Wildman–Crippen LogP) is 1.65. The van der Waals surface area contributed by atoms with Gasteiger partial charge in [0.15, 0.2) is 0 Å². The van der Waals surface area contributed by atoms with Crippen molar-refractivity contribution in [2.45, 2.75) is 0 Å². The van der Waals surface area contributed by atoms with E-state index in [4.69, 9.17) is 4.74 Å². The molecule has 0 atom stereocenters. The van der Waals surface area contributed by atoms with Crippen LogP contribution in [0.1, 0.15) is 0 Å². The van der Waals surface area contributed by atoms with Gasteiger partial charge in [-0.3, -0.25) is 9.69 Å². The minimum Gasteiger partial charge on any atom is -0.492 e. The van der Waals surface area contributed by atoms with E-state index in [0.29, 0.717) is 13.2 Å². The van der Waals surface area contributed by atoms with Crippen molar-refractivity contribution in [3.8, 4) is 5.75 Å². The molecule has 1 N–H and O–H groups in total. The van der Waals surface area contributed by atoms with Crippen LogP contribution >= 0.6 is 0 Å². The van der Waals surface area contributed by atoms with Crippen LogP contribution in [0.4, 0.5) is 0 Å². The molecule has 0 bridgehead atoms. The highest BCUT2D eigenvalue weighted by molar-refractivity contribution is 5.88. The summed E-state index contributed by atoms with van der Waals surface area (Å²) in [5.41, 5.74) is 0. The summed E-state index contributed by atoms with van der Waals surface area (Å²) >= 11 is 0. The second-order valence-corrected chi connectivity index (χ2v) is 4.95. The van der Waals surface area contributed by atoms with E-state index in [1.807, 2.05) is 24.3 Å². The highest BCUT2D eigenvalue weighted by atomic mass is 16.5. The molecule has 2 aromatic rings. The molecule has 1 fully saturated rings. The fourth-order valence-corrected chi connectivity index (χ4v) is 2.49. The molecule has 4 nitrogen and oxygen atoms in total. The van der Waals surface area contributed by atoms with Gasteiger partial charge in [-0.15, -0.1) is 0 Å². The SMILES string of the molecule is O=C1CN(CCOc2cccc3ccccc23)CCN1. The maximum absolute atomic E-state index is 11.3. The number of hydrogen-bond acceptors (Lipinski definition) is 3. The predicted molar refractivity (Wildman–Crippen MR) is 78.9 cm³/mol. The molecule has 0 saturated carbocycles. The standard InChI is InChI=1S/C16H18N2O2/c19-16-12-18(9-8-17-16)10-11-20-15-7-3-5-13-4-1-2-6-14(13)15/h1-7H,8-12H2,(H,17,19). The van der Waals surface area contributed by atoms with Crippen LogP contribution in [0.5, 0.6) is 5.75 Å². The maximum Gasteiger partial charge on any atom is 0.234 e. The van der Waals surface area contributed by atoms with Gasteiger partial charge in [0, 0.05) is 25.0 Å². The number of piperazine rings is 1. The van der Waals surface area contributed by atoms with Crippen LogP contribution in [0.25, 0.3) is 10.8 Å². The van der Waals surface area contributed by atoms with Crippen molar-refractivity contribution in [3.63, 3.8) is 0 Å². The van der Waals surface area contributed by atoms with E-state index in [1.54, 1.807) is 0 Å². The monoisotopic (exact) mass is 270 g/mol. The Bertz CT molecular complexity index is 607. The Morgan fingerprint density at radius 2 is 2.00 bits per heavy atom. The molecule has 1 heterocycles. The molecule has 1 amide bonds. The first-order valence-corrected chi connectivity index (χ1v) is 6.92. The molecule has 1 saturated heterocycles. The molecule has 0 unspecified atom stereocenters. The summed E-state index contributed by atoms with van der Waals surface area (Å²) in [7, 11) is 0. The number of carbonyl (C=O) groups excluding carboxylic acids is 1. The van der Waals surface area contributed by atoms with Crippen molar-refractivity contribution in [1.29, 1.82) is 0 Å². The Labute approximate surface area is 118 Å². The van der Waals surface area contributed by atoms with Gasteiger partial charge in [-0.1, -0.05) is 36.4 Å². The zero-order valence-electron chi connectivity index (χ0n) is 11.3. The second kappa shape index (κ2) is 5.92. The molecule has 2 aromatic carbocycles. The molecule has 104 valence electrons. The number of carbonyl (C=O) groups is 1. The summed E-state index contributed by atoms with van der Waals surface area (Å²) in [6.45, 7) is 3.47. The number of nitrogens with one attached hydrogen (secondary N) is 1. The molecular weight excluding hydrogens is 252 g/mol. The zero-order chi connectivity index (χ0) is 13.8. The van der Waals surface area contributed by atoms with Crippen LogP contribution in [0, 0.1) is 0 Å². The molecule has 20 heavy (non-hydrogen) atoms. The molecule has 0 aliphatic carbocycles. The second-order valence-electron chi connectivity index (χ2n) is 4.95. The van der Waals surface area contributed by atoms with E-state index in [9.17, 15) is 4.79 Å². The molecule has 4 heteroatoms. The molecular formula is C16H18N2O2. The van der Waals surface area contributed by atoms with E-state index in [0.717, 1.165) is 30.8 Å². The summed E-state index contributed by atoms with van der Waals surface area (Å²) in [6, 6.07) is 14.3. The topological polar surface area (TPSA) is 41.6 Å². The lowest BCUT2D eigenvalue weighted by Crippen LogP contribution is -2.48. The number of amides is 1. The number of fused-ring (bicyclic) bond motifs is 1. The number of ether oxygens (including phenoxy) is 1. The molecule has 0 radical (unpaired) electrons. The number of nitrogens with zero attached hydrogens (tertiary/aromatic N) is 1. The van der Waals surface area contributed by atoms with E-state index in [-0.39, 0.29) is 5.91 Å². The van der Waals surface area contributed by atoms with Crippen LogP contribution in [0.2, 0.25) is 0 Å². The first-order valence-electron chi connectivity index (χ1n) is 6.92. The smallest absolute Gasteiger partial charge is 0.234 e. The summed E-state index contributed by atoms with van der Waals surface area (Å²) in [4.78, 5) is 13.4. The van der Waals surface area contributed by atoms with Gasteiger partial charge in [0.1, 0.15) is 12.4 Å². The lowest BCUT2D eigenvalue weighted by Gasteiger charge is -2.26. The van der Waals surface area contributed by atoms with E-state index >= 15 is 0 Å². The van der Waals surface area contributed by atoms with Crippen molar-refractivity contribution in [3.05, 3.63) is 42.5 Å². The highest BCUT2D eigenvalue weighted by Crippen LogP contribution is 2.24. The maximum atomic E-state index is 11.3. The Hall–Kier alpha value is -2.07. The van der Waals surface area contributed by atoms with Gasteiger partial charge in [-0.25, -0.2) is 0 Å². The largest absolute Gasteiger partial charge is 0.492 e. The van der Waals surface area contributed by atoms with Crippen molar-refractivity contribution < 1.29 is 9.53 Å². The highest BCUT2D eigenvalue weighted by Gasteiger charge is 2.15. The quantitative estimate of drug-likeness (QED) is 0.918. The fraction of sp³-hybridized carbons (Fsp3) is 0.312. The Kier molecular flexibility index (Phi) is 3.83. The van der Waals surface area contributed by atoms with Crippen LogP contribution in [0.15, 0.2) is 42.5 Å². The Balaban J connectivity index is 1.61. The summed E-state index contributed by atoms with van der Waals surface area (Å²) in [6.07, 6.45) is 0. The van der Waals surface area contributed by atoms with E-state index < -0.39 is 0 Å². The van der Waals surface area contributed by atoms with Crippen LogP contribution in [-0.2, 0) is 4.79 Å². The van der Waals surface area contributed by atoms with Gasteiger partial charge in [0.05, 0.1) is 6.54 Å². The minimum absolute atomic E-state index is 0.0985. The molecule has 0 spiro atoms. The fourth-order valence-electron chi connectivity index (χ4n) is 2.49. The van der Waals surface area contributed by atoms with Crippen molar-refractivity contribution in [2.24, 2.45) is 0 Å². The van der Waals surface area contributed by atoms with Crippen LogP contribution in [0.3, 0.4) is 0 Å². The molecule has 1 aliphatic rings. The summed E-state index contributed by atoms with van der Waals surface area (Å²) in [5.74, 6) is 1.01. The van der Waals surface area contributed by atoms with Crippen LogP contribution < -0.4 is 10.1 Å². The first kappa shape index (κ1) is 12.9. The van der Waals surface area contributed by atoms with E-state index in [2.05, 4.69) is 28.4 Å². The normalized spacial score (nSPS) is 16.1. The van der Waals surface area contributed by atoms with Gasteiger partial charge in [-0.2, -0.15) is 0 Å². The van der Waals surface area contributed by atoms with Gasteiger partial charge >= 0.3 is 0 Å². The third kappa shape index (κ3) is 2.91. The van der Waals surface area contributed by atoms with Gasteiger partial charge in [0.25, 0.3) is 0 Å². The van der Waals surface area contributed by atoms with Crippen molar-refractivity contribution >= 4 is 16.7 Å². The molecule has 3 rings (SSSR count). The van der Waals surface area contributed by atoms with E-state index in [1.165, 1.54) is 5.39 Å². The number of rotatable bonds is 4. The van der Waals surface area contributed by atoms with Gasteiger partial charge < -0.3 is 10.1 Å². The van der Waals surface area contributed by atoms with Crippen molar-refractivity contribution in [1.82, 2.24) is 10.2 Å². The Morgan fingerprint density at radius 1 is 1.15 bits per heavy atom. The summed E-state index contributed by atoms with van der Waals surface area (Å²) < 4.78 is 5.88. The van der Waals surface area contributed by atoms with Gasteiger partial charge in [0.2, 0.25) is 5.91 Å². The number of hydrogen-bond donors (Lipinski definition) is 1. The lowest BCUT2D eigenvalue weighted by molar-refractivity contribution is -0.124. The first-order chi connectivity index (χ1) is 9.83. The molecule has 1 aliphatic heterocycles. The van der Waals surface area contributed by atoms with Crippen LogP contribution in [-0.4, -0.2) is 43.6 Å². The number of benzene rings is 2. The minimum atomic E-state index is 0.0985. The lowest BCUT2D eigenvalue weighted by atomic mass is 10.1. The third-order valence-corrected chi connectivity index (χ3v) is 3.53. The average molecular weight is 270 g/mol. The average Bonchev–Trinajstić information content (AvgIpc) is 2.48. The summed E-state index contributed by atoms with van der Waals surface area (Å²) in [5, 5.41) is 5.14. The van der Waals surface area contributed by atoms with Gasteiger partial charge in [-0.05, 0) is 11.5 Å². The zero-order valence-corrected chi connectivity index (χ0v) is 11.3. The third-order valence-electron chi connectivity index (χ3n) is 3.53. The molecule has 0 aromatic heterocycles.